The maximum absolute atomic E-state index is 11.0. The van der Waals surface area contributed by atoms with Gasteiger partial charge in [-0.15, -0.1) is 11.6 Å². The number of rotatable bonds is 5. The molecule has 0 saturated heterocycles. The molecular formula is C12H13ClN3O2+. The maximum atomic E-state index is 11.0. The molecule has 0 aliphatic rings. The van der Waals surface area contributed by atoms with E-state index in [9.17, 15) is 4.79 Å². The van der Waals surface area contributed by atoms with Gasteiger partial charge in [-0.25, -0.2) is 0 Å². The fraction of sp³-hybridized carbons (Fsp3) is 0.250. The predicted octanol–water partition coefficient (Wildman–Crippen LogP) is 1.38. The summed E-state index contributed by atoms with van der Waals surface area (Å²) in [6, 6.07) is 10.1. The molecule has 94 valence electrons. The summed E-state index contributed by atoms with van der Waals surface area (Å²) in [5, 5.41) is 6.29. The molecule has 2 rings (SSSR count). The Balaban J connectivity index is 1.89. The Morgan fingerprint density at radius 1 is 1.39 bits per heavy atom. The highest BCUT2D eigenvalue weighted by Crippen LogP contribution is 2.02. The first kappa shape index (κ1) is 12.6. The molecule has 18 heavy (non-hydrogen) atoms. The number of nitrogens with one attached hydrogen (secondary N) is 1. The van der Waals surface area contributed by atoms with Gasteiger partial charge in [-0.2, -0.15) is 0 Å². The molecule has 0 aliphatic heterocycles. The number of hydrogen-bond acceptors (Lipinski definition) is 3. The van der Waals surface area contributed by atoms with Gasteiger partial charge in [-0.1, -0.05) is 35.0 Å². The lowest BCUT2D eigenvalue weighted by Gasteiger charge is -1.93. The van der Waals surface area contributed by atoms with E-state index in [1.54, 1.807) is 10.9 Å². The topological polar surface area (TPSA) is 59.0 Å². The Bertz CT molecular complexity index is 513. The number of halogens is 1. The van der Waals surface area contributed by atoms with Crippen LogP contribution in [-0.2, 0) is 17.8 Å². The van der Waals surface area contributed by atoms with Crippen molar-refractivity contribution in [2.45, 2.75) is 13.0 Å². The minimum Gasteiger partial charge on any atom is -0.288 e. The number of amides is 1. The molecule has 0 spiro atoms. The van der Waals surface area contributed by atoms with Crippen molar-refractivity contribution in [3.05, 3.63) is 42.1 Å². The lowest BCUT2D eigenvalue weighted by molar-refractivity contribution is -0.761. The summed E-state index contributed by atoms with van der Waals surface area (Å²) in [6.45, 7) is 0.685. The molecule has 1 heterocycles. The minimum absolute atomic E-state index is 0.106. The van der Waals surface area contributed by atoms with Gasteiger partial charge >= 0.3 is 5.88 Å². The largest absolute Gasteiger partial charge is 0.302 e. The van der Waals surface area contributed by atoms with Crippen LogP contribution >= 0.6 is 11.6 Å². The fourth-order valence-electron chi connectivity index (χ4n) is 1.50. The van der Waals surface area contributed by atoms with Gasteiger partial charge in [0.15, 0.2) is 6.54 Å². The molecule has 1 N–H and O–H groups in total. The normalized spacial score (nSPS) is 10.3. The predicted molar refractivity (Wildman–Crippen MR) is 66.2 cm³/mol. The van der Waals surface area contributed by atoms with Crippen molar-refractivity contribution >= 4 is 23.4 Å². The van der Waals surface area contributed by atoms with Gasteiger partial charge < -0.3 is 0 Å². The SMILES string of the molecule is O=C(CCl)Nc1c[n+](CCc2ccccc2)no1. The summed E-state index contributed by atoms with van der Waals surface area (Å²) < 4.78 is 6.58. The summed E-state index contributed by atoms with van der Waals surface area (Å²) >= 11 is 5.37. The molecule has 0 radical (unpaired) electrons. The average Bonchev–Trinajstić information content (AvgIpc) is 2.85. The van der Waals surface area contributed by atoms with Crippen LogP contribution in [0.3, 0.4) is 0 Å². The van der Waals surface area contributed by atoms with E-state index in [1.807, 2.05) is 18.2 Å². The quantitative estimate of drug-likeness (QED) is 0.657. The fourth-order valence-corrected chi connectivity index (χ4v) is 1.57. The zero-order valence-corrected chi connectivity index (χ0v) is 10.4. The molecule has 1 amide bonds. The minimum atomic E-state index is -0.317. The van der Waals surface area contributed by atoms with Crippen LogP contribution < -0.4 is 10.00 Å². The van der Waals surface area contributed by atoms with Crippen molar-refractivity contribution < 1.29 is 14.0 Å². The van der Waals surface area contributed by atoms with Crippen molar-refractivity contribution in [1.82, 2.24) is 5.27 Å². The summed E-state index contributed by atoms with van der Waals surface area (Å²) in [5.74, 6) is -0.123. The highest BCUT2D eigenvalue weighted by Gasteiger charge is 2.13. The maximum Gasteiger partial charge on any atom is 0.302 e. The summed E-state index contributed by atoms with van der Waals surface area (Å²) in [7, 11) is 0. The number of carbonyl (C=O) groups is 1. The van der Waals surface area contributed by atoms with E-state index in [0.717, 1.165) is 6.42 Å². The Morgan fingerprint density at radius 2 is 2.17 bits per heavy atom. The van der Waals surface area contributed by atoms with Crippen molar-refractivity contribution in [2.75, 3.05) is 11.2 Å². The Hall–Kier alpha value is -1.88. The van der Waals surface area contributed by atoms with Crippen LogP contribution in [0.2, 0.25) is 0 Å². The van der Waals surface area contributed by atoms with E-state index in [1.165, 1.54) is 5.56 Å². The van der Waals surface area contributed by atoms with Crippen molar-refractivity contribution in [1.29, 1.82) is 0 Å². The van der Waals surface area contributed by atoms with E-state index in [4.69, 9.17) is 16.1 Å². The van der Waals surface area contributed by atoms with Crippen LogP contribution in [0.25, 0.3) is 0 Å². The molecule has 0 fully saturated rings. The van der Waals surface area contributed by atoms with Crippen LogP contribution in [-0.4, -0.2) is 17.1 Å². The molecular weight excluding hydrogens is 254 g/mol. The third-order valence-electron chi connectivity index (χ3n) is 2.37. The van der Waals surface area contributed by atoms with Crippen LogP contribution in [0.4, 0.5) is 5.88 Å². The van der Waals surface area contributed by atoms with Crippen molar-refractivity contribution in [3.63, 3.8) is 0 Å². The Kier molecular flexibility index (Phi) is 4.30. The summed E-state index contributed by atoms with van der Waals surface area (Å²) in [6.07, 6.45) is 2.48. The molecule has 2 aromatic rings. The van der Waals surface area contributed by atoms with E-state index < -0.39 is 0 Å². The third-order valence-corrected chi connectivity index (χ3v) is 2.61. The van der Waals surface area contributed by atoms with Crippen LogP contribution in [0.1, 0.15) is 5.56 Å². The first-order valence-electron chi connectivity index (χ1n) is 5.54. The number of hydrogen-bond donors (Lipinski definition) is 1. The lowest BCUT2D eigenvalue weighted by Crippen LogP contribution is -2.35. The van der Waals surface area contributed by atoms with Crippen LogP contribution in [0.5, 0.6) is 0 Å². The second kappa shape index (κ2) is 6.16. The van der Waals surface area contributed by atoms with E-state index in [-0.39, 0.29) is 11.8 Å². The number of alkyl halides is 1. The lowest BCUT2D eigenvalue weighted by atomic mass is 10.1. The van der Waals surface area contributed by atoms with E-state index in [2.05, 4.69) is 22.7 Å². The number of benzene rings is 1. The van der Waals surface area contributed by atoms with Gasteiger partial charge in [0.25, 0.3) is 6.20 Å². The Morgan fingerprint density at radius 3 is 2.89 bits per heavy atom. The molecule has 5 nitrogen and oxygen atoms in total. The molecule has 6 heteroatoms. The van der Waals surface area contributed by atoms with Gasteiger partial charge in [0.1, 0.15) is 5.88 Å². The molecule has 0 saturated carbocycles. The van der Waals surface area contributed by atoms with Crippen LogP contribution in [0.15, 0.2) is 41.1 Å². The van der Waals surface area contributed by atoms with Gasteiger partial charge in [-0.05, 0) is 5.56 Å². The zero-order chi connectivity index (χ0) is 12.8. The van der Waals surface area contributed by atoms with Gasteiger partial charge in [0.05, 0.1) is 0 Å². The van der Waals surface area contributed by atoms with E-state index >= 15 is 0 Å². The highest BCUT2D eigenvalue weighted by molar-refractivity contribution is 6.28. The van der Waals surface area contributed by atoms with Crippen LogP contribution in [0, 0.1) is 0 Å². The van der Waals surface area contributed by atoms with Gasteiger partial charge in [0, 0.05) is 6.42 Å². The first-order chi connectivity index (χ1) is 8.78. The van der Waals surface area contributed by atoms with Gasteiger partial charge in [-0.3, -0.25) is 14.6 Å². The molecule has 1 aromatic heterocycles. The molecule has 0 atom stereocenters. The third kappa shape index (κ3) is 3.56. The van der Waals surface area contributed by atoms with Crippen molar-refractivity contribution in [3.8, 4) is 0 Å². The molecule has 0 aliphatic carbocycles. The zero-order valence-electron chi connectivity index (χ0n) is 9.67. The number of aryl methyl sites for hydroxylation is 2. The van der Waals surface area contributed by atoms with Crippen molar-refractivity contribution in [2.24, 2.45) is 0 Å². The number of carbonyl (C=O) groups excluding carboxylic acids is 1. The number of anilines is 1. The average molecular weight is 267 g/mol. The summed E-state index contributed by atoms with van der Waals surface area (Å²) in [4.78, 5) is 11.0. The monoisotopic (exact) mass is 266 g/mol. The van der Waals surface area contributed by atoms with Gasteiger partial charge in [0.2, 0.25) is 11.2 Å². The molecule has 1 aromatic carbocycles. The second-order valence-corrected chi connectivity index (χ2v) is 4.01. The highest BCUT2D eigenvalue weighted by atomic mass is 35.5. The smallest absolute Gasteiger partial charge is 0.288 e. The number of aromatic nitrogens is 2. The number of nitrogens with zero attached hydrogens (tertiary/aromatic N) is 2. The Labute approximate surface area is 109 Å². The standard InChI is InChI=1S/C12H12ClN3O2/c13-8-11(17)14-12-9-16(15-18-12)7-6-10-4-2-1-3-5-10/h1-5,9H,6-8H2/p+1. The molecule has 0 unspecified atom stereocenters. The van der Waals surface area contributed by atoms with E-state index in [0.29, 0.717) is 12.4 Å². The summed E-state index contributed by atoms with van der Waals surface area (Å²) in [5.41, 5.74) is 1.22. The molecule has 0 bridgehead atoms. The first-order valence-corrected chi connectivity index (χ1v) is 6.07. The second-order valence-electron chi connectivity index (χ2n) is 3.75.